The SMILES string of the molecule is CN(CC1CCOCC1)C(=NCC1CCOC1)NCCc1ccco1.I. The number of hydrogen-bond acceptors (Lipinski definition) is 4. The molecule has 1 aromatic heterocycles. The Balaban J connectivity index is 0.00000243. The van der Waals surface area contributed by atoms with Gasteiger partial charge in [-0.05, 0) is 37.3 Å². The molecule has 1 N–H and O–H groups in total. The van der Waals surface area contributed by atoms with Gasteiger partial charge in [-0.15, -0.1) is 24.0 Å². The zero-order chi connectivity index (χ0) is 17.3. The zero-order valence-corrected chi connectivity index (χ0v) is 18.0. The lowest BCUT2D eigenvalue weighted by Gasteiger charge is -2.29. The maximum absolute atomic E-state index is 5.47. The van der Waals surface area contributed by atoms with Crippen LogP contribution in [0.2, 0.25) is 0 Å². The summed E-state index contributed by atoms with van der Waals surface area (Å²) in [5.74, 6) is 3.23. The van der Waals surface area contributed by atoms with Crippen molar-refractivity contribution >= 4 is 29.9 Å². The third-order valence-corrected chi connectivity index (χ3v) is 4.99. The quantitative estimate of drug-likeness (QED) is 0.372. The summed E-state index contributed by atoms with van der Waals surface area (Å²) in [6.07, 6.45) is 5.99. The standard InChI is InChI=1S/C19H31N3O3.HI/c1-22(14-16-5-10-23-11-6-16)19(21-13-17-7-12-24-15-17)20-8-4-18-3-2-9-25-18;/h2-3,9,16-17H,4-8,10-15H2,1H3,(H,20,21);1H. The molecule has 26 heavy (non-hydrogen) atoms. The molecule has 1 aromatic rings. The Bertz CT molecular complexity index is 512. The Kier molecular flexibility index (Phi) is 9.77. The summed E-state index contributed by atoms with van der Waals surface area (Å²) in [5, 5.41) is 3.52. The van der Waals surface area contributed by atoms with Crippen molar-refractivity contribution in [3.05, 3.63) is 24.2 Å². The predicted molar refractivity (Wildman–Crippen MR) is 113 cm³/mol. The zero-order valence-electron chi connectivity index (χ0n) is 15.7. The Hall–Kier alpha value is -0.800. The van der Waals surface area contributed by atoms with Crippen molar-refractivity contribution < 1.29 is 13.9 Å². The number of ether oxygens (including phenoxy) is 2. The Morgan fingerprint density at radius 1 is 1.19 bits per heavy atom. The maximum Gasteiger partial charge on any atom is 0.193 e. The molecule has 0 spiro atoms. The molecule has 2 fully saturated rings. The van der Waals surface area contributed by atoms with Crippen LogP contribution in [0.4, 0.5) is 0 Å². The molecule has 7 heteroatoms. The van der Waals surface area contributed by atoms with Gasteiger partial charge in [-0.2, -0.15) is 0 Å². The van der Waals surface area contributed by atoms with Crippen molar-refractivity contribution in [1.82, 2.24) is 10.2 Å². The van der Waals surface area contributed by atoms with Gasteiger partial charge in [-0.25, -0.2) is 0 Å². The Morgan fingerprint density at radius 3 is 2.65 bits per heavy atom. The largest absolute Gasteiger partial charge is 0.469 e. The topological polar surface area (TPSA) is 59.2 Å². The van der Waals surface area contributed by atoms with Gasteiger partial charge in [0.05, 0.1) is 12.9 Å². The van der Waals surface area contributed by atoms with E-state index in [0.717, 1.165) is 83.5 Å². The molecule has 0 bridgehead atoms. The lowest BCUT2D eigenvalue weighted by Crippen LogP contribution is -2.43. The first-order chi connectivity index (χ1) is 12.3. The van der Waals surface area contributed by atoms with E-state index in [2.05, 4.69) is 17.3 Å². The van der Waals surface area contributed by atoms with Crippen molar-refractivity contribution in [2.75, 3.05) is 53.1 Å². The van der Waals surface area contributed by atoms with Gasteiger partial charge >= 0.3 is 0 Å². The van der Waals surface area contributed by atoms with Crippen LogP contribution in [0.1, 0.15) is 25.0 Å². The first-order valence-corrected chi connectivity index (χ1v) is 9.48. The van der Waals surface area contributed by atoms with Crippen LogP contribution in [-0.4, -0.2) is 64.0 Å². The van der Waals surface area contributed by atoms with Crippen molar-refractivity contribution in [1.29, 1.82) is 0 Å². The lowest BCUT2D eigenvalue weighted by atomic mass is 10.00. The highest BCUT2D eigenvalue weighted by atomic mass is 127. The molecule has 1 atom stereocenters. The van der Waals surface area contributed by atoms with Crippen LogP contribution in [0.5, 0.6) is 0 Å². The van der Waals surface area contributed by atoms with E-state index < -0.39 is 0 Å². The number of aliphatic imine (C=N–C) groups is 1. The van der Waals surface area contributed by atoms with Gasteiger partial charge in [0.1, 0.15) is 5.76 Å². The molecule has 148 valence electrons. The van der Waals surface area contributed by atoms with Crippen LogP contribution < -0.4 is 5.32 Å². The number of guanidine groups is 1. The van der Waals surface area contributed by atoms with E-state index in [4.69, 9.17) is 18.9 Å². The molecular formula is C19H32IN3O3. The average molecular weight is 477 g/mol. The van der Waals surface area contributed by atoms with E-state index in [1.54, 1.807) is 6.26 Å². The molecule has 0 aliphatic carbocycles. The highest BCUT2D eigenvalue weighted by Gasteiger charge is 2.19. The van der Waals surface area contributed by atoms with Crippen molar-refractivity contribution in [3.63, 3.8) is 0 Å². The number of hydrogen-bond donors (Lipinski definition) is 1. The van der Waals surface area contributed by atoms with E-state index in [1.807, 2.05) is 12.1 Å². The third kappa shape index (κ3) is 7.08. The third-order valence-electron chi connectivity index (χ3n) is 4.99. The van der Waals surface area contributed by atoms with E-state index >= 15 is 0 Å². The summed E-state index contributed by atoms with van der Waals surface area (Å²) in [6, 6.07) is 3.95. The predicted octanol–water partition coefficient (Wildman–Crippen LogP) is 2.78. The van der Waals surface area contributed by atoms with Crippen LogP contribution in [0.3, 0.4) is 0 Å². The summed E-state index contributed by atoms with van der Waals surface area (Å²) >= 11 is 0. The average Bonchev–Trinajstić information content (AvgIpc) is 3.32. The van der Waals surface area contributed by atoms with Crippen molar-refractivity contribution in [2.24, 2.45) is 16.8 Å². The first kappa shape index (κ1) is 21.5. The summed E-state index contributed by atoms with van der Waals surface area (Å²) < 4.78 is 16.4. The Morgan fingerprint density at radius 2 is 1.96 bits per heavy atom. The van der Waals surface area contributed by atoms with Gasteiger partial charge in [-0.1, -0.05) is 0 Å². The second kappa shape index (κ2) is 11.8. The molecule has 1 unspecified atom stereocenters. The van der Waals surface area contributed by atoms with Crippen LogP contribution in [0, 0.1) is 11.8 Å². The van der Waals surface area contributed by atoms with Crippen LogP contribution in [0.25, 0.3) is 0 Å². The molecule has 2 aliphatic rings. The molecule has 0 radical (unpaired) electrons. The number of nitrogens with one attached hydrogen (secondary N) is 1. The fraction of sp³-hybridized carbons (Fsp3) is 0.737. The smallest absolute Gasteiger partial charge is 0.193 e. The van der Waals surface area contributed by atoms with Crippen molar-refractivity contribution in [2.45, 2.75) is 25.7 Å². The van der Waals surface area contributed by atoms with E-state index in [9.17, 15) is 0 Å². The monoisotopic (exact) mass is 477 g/mol. The highest BCUT2D eigenvalue weighted by molar-refractivity contribution is 14.0. The molecule has 6 nitrogen and oxygen atoms in total. The summed E-state index contributed by atoms with van der Waals surface area (Å²) in [5.41, 5.74) is 0. The molecule has 0 amide bonds. The Labute approximate surface area is 173 Å². The van der Waals surface area contributed by atoms with Gasteiger partial charge in [0.25, 0.3) is 0 Å². The molecular weight excluding hydrogens is 445 g/mol. The summed E-state index contributed by atoms with van der Waals surface area (Å²) in [7, 11) is 2.14. The first-order valence-electron chi connectivity index (χ1n) is 9.48. The van der Waals surface area contributed by atoms with Gasteiger partial charge in [0.2, 0.25) is 0 Å². The number of halogens is 1. The second-order valence-electron chi connectivity index (χ2n) is 7.09. The molecule has 2 aliphatic heterocycles. The van der Waals surface area contributed by atoms with Crippen LogP contribution in [-0.2, 0) is 15.9 Å². The summed E-state index contributed by atoms with van der Waals surface area (Å²) in [4.78, 5) is 7.15. The van der Waals surface area contributed by atoms with Crippen LogP contribution in [0.15, 0.2) is 27.8 Å². The van der Waals surface area contributed by atoms with Gasteiger partial charge in [0, 0.05) is 58.8 Å². The second-order valence-corrected chi connectivity index (χ2v) is 7.09. The number of rotatable bonds is 7. The molecule has 2 saturated heterocycles. The highest BCUT2D eigenvalue weighted by Crippen LogP contribution is 2.16. The molecule has 3 rings (SSSR count). The molecule has 3 heterocycles. The van der Waals surface area contributed by atoms with Gasteiger partial charge in [-0.3, -0.25) is 4.99 Å². The van der Waals surface area contributed by atoms with Crippen LogP contribution >= 0.6 is 24.0 Å². The maximum atomic E-state index is 5.47. The van der Waals surface area contributed by atoms with Gasteiger partial charge < -0.3 is 24.1 Å². The fourth-order valence-corrected chi connectivity index (χ4v) is 3.41. The van der Waals surface area contributed by atoms with E-state index in [-0.39, 0.29) is 24.0 Å². The number of nitrogens with zero attached hydrogens (tertiary/aromatic N) is 2. The fourth-order valence-electron chi connectivity index (χ4n) is 3.41. The van der Waals surface area contributed by atoms with E-state index in [0.29, 0.717) is 11.8 Å². The molecule has 0 saturated carbocycles. The van der Waals surface area contributed by atoms with Gasteiger partial charge in [0.15, 0.2) is 5.96 Å². The minimum absolute atomic E-state index is 0. The van der Waals surface area contributed by atoms with Crippen molar-refractivity contribution in [3.8, 4) is 0 Å². The molecule has 0 aromatic carbocycles. The minimum Gasteiger partial charge on any atom is -0.469 e. The summed E-state index contributed by atoms with van der Waals surface area (Å²) in [6.45, 7) is 6.17. The number of furan rings is 1. The van der Waals surface area contributed by atoms with E-state index in [1.165, 1.54) is 0 Å². The lowest BCUT2D eigenvalue weighted by molar-refractivity contribution is 0.0610. The normalized spacial score (nSPS) is 21.4. The minimum atomic E-state index is 0.